The van der Waals surface area contributed by atoms with Crippen LogP contribution in [0.4, 0.5) is 0 Å². The number of aliphatic hydroxyl groups is 1. The van der Waals surface area contributed by atoms with Crippen molar-refractivity contribution in [2.75, 3.05) is 26.2 Å². The summed E-state index contributed by atoms with van der Waals surface area (Å²) in [5, 5.41) is 8.77. The molecule has 0 aromatic carbocycles. The Bertz CT molecular complexity index is 152. The molecule has 1 rings (SSSR count). The van der Waals surface area contributed by atoms with E-state index in [0.717, 1.165) is 18.9 Å². The Morgan fingerprint density at radius 2 is 2.21 bits per heavy atom. The highest BCUT2D eigenvalue weighted by molar-refractivity contribution is 4.72. The zero-order valence-electron chi connectivity index (χ0n) is 9.28. The first kappa shape index (κ1) is 12.0. The van der Waals surface area contributed by atoms with Crippen molar-refractivity contribution in [1.82, 2.24) is 4.90 Å². The van der Waals surface area contributed by atoms with Gasteiger partial charge in [-0.05, 0) is 44.7 Å². The van der Waals surface area contributed by atoms with Crippen molar-refractivity contribution < 1.29 is 5.11 Å². The van der Waals surface area contributed by atoms with Crippen LogP contribution in [-0.2, 0) is 0 Å². The van der Waals surface area contributed by atoms with E-state index in [4.69, 9.17) is 10.8 Å². The second-order valence-corrected chi connectivity index (χ2v) is 4.61. The van der Waals surface area contributed by atoms with E-state index < -0.39 is 0 Å². The van der Waals surface area contributed by atoms with Crippen LogP contribution in [0, 0.1) is 5.92 Å². The van der Waals surface area contributed by atoms with Crippen LogP contribution in [0.1, 0.15) is 32.6 Å². The second-order valence-electron chi connectivity index (χ2n) is 4.61. The molecule has 0 radical (unpaired) electrons. The van der Waals surface area contributed by atoms with Gasteiger partial charge in [0.15, 0.2) is 0 Å². The summed E-state index contributed by atoms with van der Waals surface area (Å²) in [7, 11) is 0. The number of rotatable bonds is 4. The van der Waals surface area contributed by atoms with Gasteiger partial charge in [-0.3, -0.25) is 0 Å². The fourth-order valence-corrected chi connectivity index (χ4v) is 2.09. The molecule has 14 heavy (non-hydrogen) atoms. The maximum absolute atomic E-state index is 8.77. The van der Waals surface area contributed by atoms with Crippen LogP contribution in [0.5, 0.6) is 0 Å². The molecular weight excluding hydrogens is 176 g/mol. The fourth-order valence-electron chi connectivity index (χ4n) is 2.09. The molecule has 3 heteroatoms. The van der Waals surface area contributed by atoms with Gasteiger partial charge in [-0.25, -0.2) is 0 Å². The summed E-state index contributed by atoms with van der Waals surface area (Å²) in [6.45, 7) is 5.86. The van der Waals surface area contributed by atoms with Crippen molar-refractivity contribution in [1.29, 1.82) is 0 Å². The van der Waals surface area contributed by atoms with E-state index in [1.807, 2.05) is 0 Å². The first-order chi connectivity index (χ1) is 6.72. The second kappa shape index (κ2) is 6.38. The third kappa shape index (κ3) is 4.40. The minimum Gasteiger partial charge on any atom is -0.396 e. The third-order valence-corrected chi connectivity index (χ3v) is 3.10. The normalized spacial score (nSPS) is 27.2. The zero-order valence-corrected chi connectivity index (χ0v) is 9.28. The van der Waals surface area contributed by atoms with Crippen molar-refractivity contribution in [3.05, 3.63) is 0 Å². The molecule has 0 amide bonds. The van der Waals surface area contributed by atoms with Crippen LogP contribution >= 0.6 is 0 Å². The van der Waals surface area contributed by atoms with E-state index in [1.54, 1.807) is 0 Å². The van der Waals surface area contributed by atoms with E-state index in [9.17, 15) is 0 Å². The standard InChI is InChI=1S/C11H24N2O/c1-10-3-2-6-13(7-4-10)9-11(12)5-8-14/h10-11,14H,2-9,12H2,1H3. The minimum atomic E-state index is 0.147. The molecule has 0 saturated carbocycles. The van der Waals surface area contributed by atoms with Crippen LogP contribution in [-0.4, -0.2) is 42.3 Å². The lowest BCUT2D eigenvalue weighted by Crippen LogP contribution is -2.38. The summed E-state index contributed by atoms with van der Waals surface area (Å²) in [6.07, 6.45) is 4.68. The highest BCUT2D eigenvalue weighted by atomic mass is 16.3. The van der Waals surface area contributed by atoms with E-state index >= 15 is 0 Å². The highest BCUT2D eigenvalue weighted by Crippen LogP contribution is 2.16. The number of hydrogen-bond acceptors (Lipinski definition) is 3. The molecule has 0 aromatic rings. The fraction of sp³-hybridized carbons (Fsp3) is 1.00. The molecule has 1 heterocycles. The van der Waals surface area contributed by atoms with E-state index in [1.165, 1.54) is 32.4 Å². The first-order valence-corrected chi connectivity index (χ1v) is 5.81. The number of aliphatic hydroxyl groups excluding tert-OH is 1. The number of likely N-dealkylation sites (tertiary alicyclic amines) is 1. The van der Waals surface area contributed by atoms with Crippen LogP contribution in [0.3, 0.4) is 0 Å². The van der Waals surface area contributed by atoms with Gasteiger partial charge in [0.1, 0.15) is 0 Å². The van der Waals surface area contributed by atoms with Crippen LogP contribution < -0.4 is 5.73 Å². The van der Waals surface area contributed by atoms with Gasteiger partial charge >= 0.3 is 0 Å². The average molecular weight is 200 g/mol. The Morgan fingerprint density at radius 1 is 1.43 bits per heavy atom. The lowest BCUT2D eigenvalue weighted by molar-refractivity contribution is 0.228. The van der Waals surface area contributed by atoms with Gasteiger partial charge < -0.3 is 15.7 Å². The van der Waals surface area contributed by atoms with Crippen molar-refractivity contribution in [3.63, 3.8) is 0 Å². The Hall–Kier alpha value is -0.120. The molecule has 2 unspecified atom stereocenters. The molecule has 0 bridgehead atoms. The van der Waals surface area contributed by atoms with E-state index in [-0.39, 0.29) is 12.6 Å². The molecule has 3 N–H and O–H groups in total. The summed E-state index contributed by atoms with van der Waals surface area (Å²) in [4.78, 5) is 2.45. The summed E-state index contributed by atoms with van der Waals surface area (Å²) in [5.74, 6) is 0.870. The molecule has 1 aliphatic heterocycles. The number of nitrogens with two attached hydrogens (primary N) is 1. The summed E-state index contributed by atoms with van der Waals surface area (Å²) >= 11 is 0. The Labute approximate surface area is 87.3 Å². The average Bonchev–Trinajstić information content (AvgIpc) is 2.32. The third-order valence-electron chi connectivity index (χ3n) is 3.10. The van der Waals surface area contributed by atoms with Crippen LogP contribution in [0.25, 0.3) is 0 Å². The maximum Gasteiger partial charge on any atom is 0.0446 e. The number of hydrogen-bond donors (Lipinski definition) is 2. The number of nitrogens with zero attached hydrogens (tertiary/aromatic N) is 1. The van der Waals surface area contributed by atoms with Gasteiger partial charge in [0.2, 0.25) is 0 Å². The SMILES string of the molecule is CC1CCCN(CC(N)CCO)CC1. The van der Waals surface area contributed by atoms with Gasteiger partial charge in [0.25, 0.3) is 0 Å². The summed E-state index contributed by atoms with van der Waals surface area (Å²) < 4.78 is 0. The molecule has 84 valence electrons. The van der Waals surface area contributed by atoms with Crippen molar-refractivity contribution >= 4 is 0 Å². The van der Waals surface area contributed by atoms with E-state index in [2.05, 4.69) is 11.8 Å². The smallest absolute Gasteiger partial charge is 0.0446 e. The molecule has 0 aliphatic carbocycles. The van der Waals surface area contributed by atoms with Crippen LogP contribution in [0.15, 0.2) is 0 Å². The molecular formula is C11H24N2O. The van der Waals surface area contributed by atoms with Gasteiger partial charge in [-0.15, -0.1) is 0 Å². The molecule has 0 spiro atoms. The lowest BCUT2D eigenvalue weighted by Gasteiger charge is -2.23. The van der Waals surface area contributed by atoms with Crippen molar-refractivity contribution in [2.24, 2.45) is 11.7 Å². The van der Waals surface area contributed by atoms with Crippen molar-refractivity contribution in [3.8, 4) is 0 Å². The molecule has 1 fully saturated rings. The predicted octanol–water partition coefficient (Wildman–Crippen LogP) is 0.818. The van der Waals surface area contributed by atoms with Gasteiger partial charge in [0, 0.05) is 19.2 Å². The van der Waals surface area contributed by atoms with Crippen molar-refractivity contribution in [2.45, 2.75) is 38.6 Å². The monoisotopic (exact) mass is 200 g/mol. The molecule has 1 saturated heterocycles. The zero-order chi connectivity index (χ0) is 10.4. The maximum atomic E-state index is 8.77. The molecule has 2 atom stereocenters. The predicted molar refractivity (Wildman–Crippen MR) is 59.1 cm³/mol. The summed E-state index contributed by atoms with van der Waals surface area (Å²) in [6, 6.07) is 0.147. The van der Waals surface area contributed by atoms with Gasteiger partial charge in [-0.2, -0.15) is 0 Å². The van der Waals surface area contributed by atoms with Gasteiger partial charge in [-0.1, -0.05) is 6.92 Å². The van der Waals surface area contributed by atoms with Crippen LogP contribution in [0.2, 0.25) is 0 Å². The minimum absolute atomic E-state index is 0.147. The molecule has 3 nitrogen and oxygen atoms in total. The lowest BCUT2D eigenvalue weighted by atomic mass is 10.0. The highest BCUT2D eigenvalue weighted by Gasteiger charge is 2.15. The molecule has 0 aromatic heterocycles. The Morgan fingerprint density at radius 3 is 2.93 bits per heavy atom. The quantitative estimate of drug-likeness (QED) is 0.706. The Kier molecular flexibility index (Phi) is 5.45. The Balaban J connectivity index is 2.22. The first-order valence-electron chi connectivity index (χ1n) is 5.81. The topological polar surface area (TPSA) is 49.5 Å². The summed E-state index contributed by atoms with van der Waals surface area (Å²) in [5.41, 5.74) is 5.90. The largest absolute Gasteiger partial charge is 0.396 e. The molecule has 1 aliphatic rings. The van der Waals surface area contributed by atoms with E-state index in [0.29, 0.717) is 0 Å². The van der Waals surface area contributed by atoms with Gasteiger partial charge in [0.05, 0.1) is 0 Å².